The van der Waals surface area contributed by atoms with Gasteiger partial charge in [0, 0.05) is 10.0 Å². The molecule has 0 radical (unpaired) electrons. The van der Waals surface area contributed by atoms with Gasteiger partial charge in [-0.15, -0.1) is 0 Å². The van der Waals surface area contributed by atoms with Crippen molar-refractivity contribution in [2.24, 2.45) is 0 Å². The lowest BCUT2D eigenvalue weighted by Crippen LogP contribution is -2.22. The SMILES string of the molecule is CCNC(c1ccc(Cl)cc1Cl)c1cccc(F)c1Cl. The molecule has 0 saturated heterocycles. The zero-order chi connectivity index (χ0) is 14.7. The van der Waals surface area contributed by atoms with E-state index in [-0.39, 0.29) is 11.1 Å². The summed E-state index contributed by atoms with van der Waals surface area (Å²) in [7, 11) is 0. The zero-order valence-electron chi connectivity index (χ0n) is 10.8. The minimum Gasteiger partial charge on any atom is -0.306 e. The van der Waals surface area contributed by atoms with Crippen LogP contribution in [0, 0.1) is 5.82 Å². The minimum atomic E-state index is -0.447. The van der Waals surface area contributed by atoms with Gasteiger partial charge in [0.2, 0.25) is 0 Å². The zero-order valence-corrected chi connectivity index (χ0v) is 13.0. The van der Waals surface area contributed by atoms with Crippen LogP contribution in [-0.2, 0) is 0 Å². The molecule has 0 aromatic heterocycles. The van der Waals surface area contributed by atoms with Gasteiger partial charge in [0.15, 0.2) is 0 Å². The third kappa shape index (κ3) is 3.26. The molecule has 0 aliphatic rings. The Morgan fingerprint density at radius 1 is 1.10 bits per heavy atom. The predicted molar refractivity (Wildman–Crippen MR) is 83.4 cm³/mol. The van der Waals surface area contributed by atoms with Crippen LogP contribution in [0.25, 0.3) is 0 Å². The van der Waals surface area contributed by atoms with E-state index >= 15 is 0 Å². The normalized spacial score (nSPS) is 12.4. The van der Waals surface area contributed by atoms with E-state index in [9.17, 15) is 4.39 Å². The Kier molecular flexibility index (Phi) is 5.28. The van der Waals surface area contributed by atoms with Gasteiger partial charge in [-0.3, -0.25) is 0 Å². The minimum absolute atomic E-state index is 0.101. The van der Waals surface area contributed by atoms with Gasteiger partial charge in [-0.1, -0.05) is 59.9 Å². The second-order valence-electron chi connectivity index (χ2n) is 4.30. The summed E-state index contributed by atoms with van der Waals surface area (Å²) in [6, 6.07) is 9.69. The first-order valence-corrected chi connectivity index (χ1v) is 7.30. The Morgan fingerprint density at radius 2 is 1.85 bits per heavy atom. The summed E-state index contributed by atoms with van der Waals surface area (Å²) in [6.07, 6.45) is 0. The molecule has 0 bridgehead atoms. The Bertz CT molecular complexity index is 616. The molecule has 5 heteroatoms. The lowest BCUT2D eigenvalue weighted by Gasteiger charge is -2.21. The van der Waals surface area contributed by atoms with E-state index in [1.165, 1.54) is 6.07 Å². The van der Waals surface area contributed by atoms with E-state index in [0.29, 0.717) is 22.2 Å². The monoisotopic (exact) mass is 331 g/mol. The molecule has 1 atom stereocenters. The van der Waals surface area contributed by atoms with Crippen LogP contribution in [0.2, 0.25) is 15.1 Å². The molecular weight excluding hydrogens is 320 g/mol. The van der Waals surface area contributed by atoms with Gasteiger partial charge in [0.05, 0.1) is 11.1 Å². The lowest BCUT2D eigenvalue weighted by atomic mass is 9.98. The third-order valence-corrected chi connectivity index (χ3v) is 3.94. The van der Waals surface area contributed by atoms with Crippen molar-refractivity contribution in [3.63, 3.8) is 0 Å². The average molecular weight is 333 g/mol. The van der Waals surface area contributed by atoms with Crippen LogP contribution < -0.4 is 5.32 Å². The largest absolute Gasteiger partial charge is 0.306 e. The van der Waals surface area contributed by atoms with Crippen molar-refractivity contribution < 1.29 is 4.39 Å². The molecule has 0 aliphatic heterocycles. The molecule has 2 rings (SSSR count). The molecule has 106 valence electrons. The number of hydrogen-bond acceptors (Lipinski definition) is 1. The van der Waals surface area contributed by atoms with Gasteiger partial charge >= 0.3 is 0 Å². The van der Waals surface area contributed by atoms with E-state index < -0.39 is 5.82 Å². The van der Waals surface area contributed by atoms with Crippen molar-refractivity contribution in [2.45, 2.75) is 13.0 Å². The van der Waals surface area contributed by atoms with Crippen LogP contribution >= 0.6 is 34.8 Å². The number of halogens is 4. The van der Waals surface area contributed by atoms with Crippen LogP contribution in [0.4, 0.5) is 4.39 Å². The summed E-state index contributed by atoms with van der Waals surface area (Å²) in [5.41, 5.74) is 1.46. The summed E-state index contributed by atoms with van der Waals surface area (Å²) in [6.45, 7) is 2.65. The second-order valence-corrected chi connectivity index (χ2v) is 5.52. The molecule has 1 unspecified atom stereocenters. The quantitative estimate of drug-likeness (QED) is 0.781. The predicted octanol–water partition coefficient (Wildman–Crippen LogP) is 5.48. The van der Waals surface area contributed by atoms with Gasteiger partial charge < -0.3 is 5.32 Å². The van der Waals surface area contributed by atoms with E-state index in [1.807, 2.05) is 13.0 Å². The summed E-state index contributed by atoms with van der Waals surface area (Å²) in [5.74, 6) is -0.447. The molecule has 1 N–H and O–H groups in total. The average Bonchev–Trinajstić information content (AvgIpc) is 2.40. The maximum atomic E-state index is 13.6. The summed E-state index contributed by atoms with van der Waals surface area (Å²) in [5, 5.41) is 4.44. The van der Waals surface area contributed by atoms with Crippen molar-refractivity contribution in [1.82, 2.24) is 5.32 Å². The Labute approximate surface area is 132 Å². The van der Waals surface area contributed by atoms with Crippen LogP contribution in [0.1, 0.15) is 24.1 Å². The molecular formula is C15H13Cl3FN. The second kappa shape index (κ2) is 6.77. The molecule has 1 nitrogen and oxygen atoms in total. The third-order valence-electron chi connectivity index (χ3n) is 2.97. The topological polar surface area (TPSA) is 12.0 Å². The van der Waals surface area contributed by atoms with Gasteiger partial charge in [0.25, 0.3) is 0 Å². The molecule has 2 aromatic rings. The number of rotatable bonds is 4. The Morgan fingerprint density at radius 3 is 2.50 bits per heavy atom. The fraction of sp³-hybridized carbons (Fsp3) is 0.200. The first-order chi connectivity index (χ1) is 9.54. The fourth-order valence-electron chi connectivity index (χ4n) is 2.07. The summed E-state index contributed by atoms with van der Waals surface area (Å²) in [4.78, 5) is 0. The molecule has 0 spiro atoms. The number of nitrogens with one attached hydrogen (secondary N) is 1. The smallest absolute Gasteiger partial charge is 0.142 e. The van der Waals surface area contributed by atoms with Gasteiger partial charge in [0.1, 0.15) is 5.82 Å². The maximum absolute atomic E-state index is 13.6. The number of hydrogen-bond donors (Lipinski definition) is 1. The molecule has 0 amide bonds. The summed E-state index contributed by atoms with van der Waals surface area (Å²) >= 11 is 18.2. The van der Waals surface area contributed by atoms with Crippen LogP contribution in [-0.4, -0.2) is 6.54 Å². The van der Waals surface area contributed by atoms with Gasteiger partial charge in [-0.25, -0.2) is 4.39 Å². The first kappa shape index (κ1) is 15.6. The molecule has 2 aromatic carbocycles. The maximum Gasteiger partial charge on any atom is 0.142 e. The highest BCUT2D eigenvalue weighted by atomic mass is 35.5. The van der Waals surface area contributed by atoms with Crippen LogP contribution in [0.15, 0.2) is 36.4 Å². The molecule has 20 heavy (non-hydrogen) atoms. The molecule has 0 heterocycles. The van der Waals surface area contributed by atoms with E-state index in [2.05, 4.69) is 5.32 Å². The van der Waals surface area contributed by atoms with Crippen molar-refractivity contribution >= 4 is 34.8 Å². The van der Waals surface area contributed by atoms with Crippen molar-refractivity contribution in [2.75, 3.05) is 6.54 Å². The molecule has 0 aliphatic carbocycles. The summed E-state index contributed by atoms with van der Waals surface area (Å²) < 4.78 is 13.6. The highest BCUT2D eigenvalue weighted by Gasteiger charge is 2.20. The van der Waals surface area contributed by atoms with E-state index in [0.717, 1.165) is 5.56 Å². The highest BCUT2D eigenvalue weighted by molar-refractivity contribution is 6.35. The lowest BCUT2D eigenvalue weighted by molar-refractivity contribution is 0.604. The fourth-order valence-corrected chi connectivity index (χ4v) is 2.82. The van der Waals surface area contributed by atoms with Crippen molar-refractivity contribution in [3.8, 4) is 0 Å². The van der Waals surface area contributed by atoms with Crippen molar-refractivity contribution in [3.05, 3.63) is 68.4 Å². The van der Waals surface area contributed by atoms with Crippen LogP contribution in [0.5, 0.6) is 0 Å². The number of benzene rings is 2. The van der Waals surface area contributed by atoms with Crippen molar-refractivity contribution in [1.29, 1.82) is 0 Å². The Hall–Kier alpha value is -0.800. The molecule has 0 fully saturated rings. The Balaban J connectivity index is 2.53. The van der Waals surface area contributed by atoms with E-state index in [4.69, 9.17) is 34.8 Å². The molecule has 0 saturated carbocycles. The van der Waals surface area contributed by atoms with Gasteiger partial charge in [-0.05, 0) is 35.9 Å². The first-order valence-electron chi connectivity index (χ1n) is 6.16. The van der Waals surface area contributed by atoms with Gasteiger partial charge in [-0.2, -0.15) is 0 Å². The highest BCUT2D eigenvalue weighted by Crippen LogP contribution is 2.34. The van der Waals surface area contributed by atoms with E-state index in [1.54, 1.807) is 24.3 Å². The van der Waals surface area contributed by atoms with Crippen LogP contribution in [0.3, 0.4) is 0 Å². The standard InChI is InChI=1S/C15H13Cl3FN/c1-2-20-15(10-7-6-9(16)8-12(10)17)11-4-3-5-13(19)14(11)18/h3-8,15,20H,2H2,1H3.